The number of aromatic nitrogens is 1. The van der Waals surface area contributed by atoms with E-state index in [-0.39, 0.29) is 12.2 Å². The van der Waals surface area contributed by atoms with Gasteiger partial charge in [-0.05, 0) is 13.8 Å². The molecule has 0 unspecified atom stereocenters. The van der Waals surface area contributed by atoms with Crippen molar-refractivity contribution in [2.24, 2.45) is 0 Å². The fourth-order valence-corrected chi connectivity index (χ4v) is 1.41. The fourth-order valence-electron chi connectivity index (χ4n) is 1.41. The van der Waals surface area contributed by atoms with Gasteiger partial charge in [0.05, 0.1) is 17.1 Å². The van der Waals surface area contributed by atoms with Gasteiger partial charge < -0.3 is 9.84 Å². The number of allylic oxidation sites excluding steroid dienone is 1. The molecule has 1 rings (SSSR count). The molecule has 0 saturated carbocycles. The molecule has 1 aromatic rings. The van der Waals surface area contributed by atoms with Crippen molar-refractivity contribution in [3.8, 4) is 5.88 Å². The zero-order chi connectivity index (χ0) is 15.3. The number of nitrogens with zero attached hydrogens (tertiary/aromatic N) is 2. The molecule has 0 spiro atoms. The van der Waals surface area contributed by atoms with E-state index in [2.05, 4.69) is 4.98 Å². The van der Waals surface area contributed by atoms with E-state index in [1.807, 2.05) is 0 Å². The Morgan fingerprint density at radius 3 is 2.70 bits per heavy atom. The van der Waals surface area contributed by atoms with Gasteiger partial charge in [0.15, 0.2) is 0 Å². The van der Waals surface area contributed by atoms with E-state index in [9.17, 15) is 24.8 Å². The summed E-state index contributed by atoms with van der Waals surface area (Å²) in [6.45, 7) is 3.08. The highest BCUT2D eigenvalue weighted by molar-refractivity contribution is 6.24. The van der Waals surface area contributed by atoms with E-state index in [0.717, 1.165) is 12.3 Å². The molecule has 0 fully saturated rings. The Kier molecular flexibility index (Phi) is 4.90. The lowest BCUT2D eigenvalue weighted by Gasteiger charge is -2.06. The first-order chi connectivity index (χ1) is 9.42. The number of esters is 1. The summed E-state index contributed by atoms with van der Waals surface area (Å²) in [6.07, 6.45) is 2.02. The molecule has 1 aromatic heterocycles. The van der Waals surface area contributed by atoms with Gasteiger partial charge in [0.1, 0.15) is 11.8 Å². The van der Waals surface area contributed by atoms with Crippen molar-refractivity contribution < 1.29 is 24.4 Å². The third-order valence-electron chi connectivity index (χ3n) is 2.34. The molecule has 0 aliphatic rings. The minimum absolute atomic E-state index is 0.0720. The number of ether oxygens (including phenoxy) is 1. The summed E-state index contributed by atoms with van der Waals surface area (Å²) < 4.78 is 4.69. The SMILES string of the molecule is C/C=C(/C(=O)OCC)C(=O)c1cc([N+](=O)[O-])cnc1O. The number of ketones is 1. The quantitative estimate of drug-likeness (QED) is 0.164. The number of hydrogen-bond donors (Lipinski definition) is 1. The van der Waals surface area contributed by atoms with Crippen molar-refractivity contribution in [1.82, 2.24) is 4.98 Å². The van der Waals surface area contributed by atoms with Crippen LogP contribution >= 0.6 is 0 Å². The van der Waals surface area contributed by atoms with Gasteiger partial charge in [-0.1, -0.05) is 6.08 Å². The molecule has 0 aliphatic heterocycles. The molecule has 0 aliphatic carbocycles. The first-order valence-electron chi connectivity index (χ1n) is 5.63. The second kappa shape index (κ2) is 6.41. The van der Waals surface area contributed by atoms with Crippen LogP contribution in [0.4, 0.5) is 5.69 Å². The maximum Gasteiger partial charge on any atom is 0.341 e. The zero-order valence-electron chi connectivity index (χ0n) is 10.8. The lowest BCUT2D eigenvalue weighted by Crippen LogP contribution is -2.16. The Balaban J connectivity index is 3.23. The van der Waals surface area contributed by atoms with Crippen LogP contribution in [0.25, 0.3) is 0 Å². The summed E-state index contributed by atoms with van der Waals surface area (Å²) in [7, 11) is 0. The Labute approximate surface area is 113 Å². The summed E-state index contributed by atoms with van der Waals surface area (Å²) in [6, 6.07) is 0.855. The van der Waals surface area contributed by atoms with Gasteiger partial charge in [-0.3, -0.25) is 14.9 Å². The molecule has 8 nitrogen and oxygen atoms in total. The molecule has 0 aromatic carbocycles. The predicted molar refractivity (Wildman–Crippen MR) is 67.3 cm³/mol. The molecule has 20 heavy (non-hydrogen) atoms. The normalized spacial score (nSPS) is 11.0. The highest BCUT2D eigenvalue weighted by Gasteiger charge is 2.25. The number of hydrogen-bond acceptors (Lipinski definition) is 7. The summed E-state index contributed by atoms with van der Waals surface area (Å²) in [5, 5.41) is 20.1. The molecule has 0 atom stereocenters. The summed E-state index contributed by atoms with van der Waals surface area (Å²) in [5.41, 5.74) is -1.23. The number of pyridine rings is 1. The fraction of sp³-hybridized carbons (Fsp3) is 0.250. The Bertz CT molecular complexity index is 594. The van der Waals surface area contributed by atoms with Gasteiger partial charge in [0.25, 0.3) is 5.69 Å². The van der Waals surface area contributed by atoms with Gasteiger partial charge in [-0.25, -0.2) is 9.78 Å². The second-order valence-corrected chi connectivity index (χ2v) is 3.57. The largest absolute Gasteiger partial charge is 0.493 e. The maximum atomic E-state index is 12.1. The second-order valence-electron chi connectivity index (χ2n) is 3.57. The first-order valence-corrected chi connectivity index (χ1v) is 5.63. The Morgan fingerprint density at radius 2 is 2.20 bits per heavy atom. The lowest BCUT2D eigenvalue weighted by molar-refractivity contribution is -0.385. The molecule has 8 heteroatoms. The van der Waals surface area contributed by atoms with Crippen molar-refractivity contribution in [2.45, 2.75) is 13.8 Å². The van der Waals surface area contributed by atoms with E-state index >= 15 is 0 Å². The monoisotopic (exact) mass is 280 g/mol. The van der Waals surface area contributed by atoms with Gasteiger partial charge >= 0.3 is 5.97 Å². The molecule has 0 bridgehead atoms. The number of carbonyl (C=O) groups is 2. The van der Waals surface area contributed by atoms with Crippen molar-refractivity contribution >= 4 is 17.4 Å². The molecular formula is C12H12N2O6. The predicted octanol–water partition coefficient (Wildman–Crippen LogP) is 1.39. The van der Waals surface area contributed by atoms with Crippen LogP contribution in [0.3, 0.4) is 0 Å². The van der Waals surface area contributed by atoms with Crippen LogP contribution < -0.4 is 0 Å². The third kappa shape index (κ3) is 3.16. The minimum atomic E-state index is -0.889. The van der Waals surface area contributed by atoms with E-state index < -0.39 is 33.8 Å². The van der Waals surface area contributed by atoms with E-state index in [1.54, 1.807) is 6.92 Å². The Morgan fingerprint density at radius 1 is 1.55 bits per heavy atom. The standard InChI is InChI=1S/C12H12N2O6/c1-3-8(12(17)20-4-2)10(15)9-5-7(14(18)19)6-13-11(9)16/h3,5-6H,4H2,1-2H3,(H,13,16)/b8-3+. The lowest BCUT2D eigenvalue weighted by atomic mass is 10.0. The van der Waals surface area contributed by atoms with Crippen molar-refractivity contribution in [3.05, 3.63) is 39.6 Å². The van der Waals surface area contributed by atoms with Gasteiger partial charge in [0.2, 0.25) is 11.7 Å². The molecule has 106 valence electrons. The molecular weight excluding hydrogens is 268 g/mol. The topological polar surface area (TPSA) is 120 Å². The van der Waals surface area contributed by atoms with Crippen molar-refractivity contribution in [2.75, 3.05) is 6.61 Å². The number of Topliss-reactive ketones (excluding diaryl/α,β-unsaturated/α-hetero) is 1. The summed E-state index contributed by atoms with van der Waals surface area (Å²) in [5.74, 6) is -2.45. The van der Waals surface area contributed by atoms with Crippen LogP contribution in [-0.4, -0.2) is 33.4 Å². The van der Waals surface area contributed by atoms with Gasteiger partial charge in [-0.15, -0.1) is 0 Å². The zero-order valence-corrected chi connectivity index (χ0v) is 10.8. The molecule has 1 N–H and O–H groups in total. The molecule has 1 heterocycles. The Hall–Kier alpha value is -2.77. The van der Waals surface area contributed by atoms with Crippen molar-refractivity contribution in [1.29, 1.82) is 0 Å². The van der Waals surface area contributed by atoms with Crippen LogP contribution in [0.1, 0.15) is 24.2 Å². The number of carbonyl (C=O) groups excluding carboxylic acids is 2. The highest BCUT2D eigenvalue weighted by Crippen LogP contribution is 2.23. The highest BCUT2D eigenvalue weighted by atomic mass is 16.6. The summed E-state index contributed by atoms with van der Waals surface area (Å²) >= 11 is 0. The minimum Gasteiger partial charge on any atom is -0.493 e. The average Bonchev–Trinajstić information content (AvgIpc) is 2.39. The van der Waals surface area contributed by atoms with Gasteiger partial charge in [0, 0.05) is 6.07 Å². The number of nitro groups is 1. The van der Waals surface area contributed by atoms with Crippen LogP contribution in [-0.2, 0) is 9.53 Å². The number of rotatable bonds is 5. The van der Waals surface area contributed by atoms with Crippen LogP contribution in [0.15, 0.2) is 23.9 Å². The van der Waals surface area contributed by atoms with Crippen LogP contribution in [0, 0.1) is 10.1 Å². The average molecular weight is 280 g/mol. The third-order valence-corrected chi connectivity index (χ3v) is 2.34. The van der Waals surface area contributed by atoms with E-state index in [1.165, 1.54) is 13.0 Å². The first kappa shape index (κ1) is 15.3. The van der Waals surface area contributed by atoms with E-state index in [0.29, 0.717) is 0 Å². The molecule has 0 saturated heterocycles. The number of aromatic hydroxyl groups is 1. The summed E-state index contributed by atoms with van der Waals surface area (Å²) in [4.78, 5) is 36.9. The maximum absolute atomic E-state index is 12.1. The smallest absolute Gasteiger partial charge is 0.341 e. The van der Waals surface area contributed by atoms with Crippen LogP contribution in [0.2, 0.25) is 0 Å². The molecule has 0 amide bonds. The van der Waals surface area contributed by atoms with Crippen molar-refractivity contribution in [3.63, 3.8) is 0 Å². The van der Waals surface area contributed by atoms with Gasteiger partial charge in [-0.2, -0.15) is 0 Å². The van der Waals surface area contributed by atoms with Crippen LogP contribution in [0.5, 0.6) is 5.88 Å². The molecule has 0 radical (unpaired) electrons. The van der Waals surface area contributed by atoms with E-state index in [4.69, 9.17) is 4.74 Å².